The number of nitrogens with one attached hydrogen (secondary N) is 1. The van der Waals surface area contributed by atoms with E-state index in [0.717, 1.165) is 32.2 Å². The largest absolute Gasteiger partial charge is 0.384 e. The molecule has 0 radical (unpaired) electrons. The molecule has 126 valence electrons. The monoisotopic (exact) mass is 437 g/mol. The molecule has 1 aliphatic heterocycles. The van der Waals surface area contributed by atoms with Crippen LogP contribution in [0.15, 0.2) is 22.5 Å². The highest BCUT2D eigenvalue weighted by molar-refractivity contribution is 14.0. The topological polar surface area (TPSA) is 36.9 Å². The van der Waals surface area contributed by atoms with Gasteiger partial charge in [0.2, 0.25) is 0 Å². The number of aliphatic imine (C=N–C) groups is 1. The molecule has 1 aromatic rings. The van der Waals surface area contributed by atoms with Crippen molar-refractivity contribution in [3.05, 3.63) is 22.4 Å². The Hall–Kier alpha value is -0.340. The Balaban J connectivity index is 0.00000242. The first-order valence-electron chi connectivity index (χ1n) is 7.55. The molecule has 1 saturated heterocycles. The first kappa shape index (κ1) is 19.7. The van der Waals surface area contributed by atoms with Crippen LogP contribution in [0.1, 0.15) is 25.1 Å². The van der Waals surface area contributed by atoms with Crippen LogP contribution in [0.5, 0.6) is 0 Å². The number of hydrogen-bond acceptors (Lipinski definition) is 3. The number of guanidine groups is 1. The quantitative estimate of drug-likeness (QED) is 0.437. The molecule has 1 atom stereocenters. The summed E-state index contributed by atoms with van der Waals surface area (Å²) in [5, 5.41) is 5.68. The van der Waals surface area contributed by atoms with Crippen molar-refractivity contribution < 1.29 is 4.74 Å². The van der Waals surface area contributed by atoms with Gasteiger partial charge in [0, 0.05) is 50.0 Å². The highest BCUT2D eigenvalue weighted by Gasteiger charge is 2.27. The van der Waals surface area contributed by atoms with Crippen LogP contribution in [0.4, 0.5) is 0 Å². The zero-order valence-electron chi connectivity index (χ0n) is 14.0. The maximum absolute atomic E-state index is 5.27. The van der Waals surface area contributed by atoms with Crippen molar-refractivity contribution >= 4 is 41.3 Å². The summed E-state index contributed by atoms with van der Waals surface area (Å²) in [5.74, 6) is 1.64. The van der Waals surface area contributed by atoms with Gasteiger partial charge in [-0.2, -0.15) is 0 Å². The van der Waals surface area contributed by atoms with Gasteiger partial charge in [0.1, 0.15) is 0 Å². The summed E-state index contributed by atoms with van der Waals surface area (Å²) in [6, 6.07) is 4.33. The second-order valence-corrected chi connectivity index (χ2v) is 7.27. The van der Waals surface area contributed by atoms with E-state index in [-0.39, 0.29) is 29.4 Å². The lowest BCUT2D eigenvalue weighted by Gasteiger charge is -2.28. The molecule has 0 saturated carbocycles. The molecule has 2 heterocycles. The van der Waals surface area contributed by atoms with E-state index in [2.05, 4.69) is 46.6 Å². The lowest BCUT2D eigenvalue weighted by Crippen LogP contribution is -2.44. The van der Waals surface area contributed by atoms with Gasteiger partial charge < -0.3 is 15.0 Å². The summed E-state index contributed by atoms with van der Waals surface area (Å²) < 4.78 is 5.27. The Morgan fingerprint density at radius 3 is 2.91 bits per heavy atom. The van der Waals surface area contributed by atoms with E-state index in [1.807, 2.05) is 18.4 Å². The van der Waals surface area contributed by atoms with Gasteiger partial charge in [0.05, 0.1) is 6.61 Å². The number of likely N-dealkylation sites (tertiary alicyclic amines) is 1. The van der Waals surface area contributed by atoms with Crippen LogP contribution in [0, 0.1) is 5.92 Å². The van der Waals surface area contributed by atoms with Crippen LogP contribution in [-0.4, -0.2) is 51.3 Å². The molecule has 2 rings (SSSR count). The van der Waals surface area contributed by atoms with Crippen LogP contribution in [0.25, 0.3) is 0 Å². The highest BCUT2D eigenvalue weighted by Crippen LogP contribution is 2.26. The average molecular weight is 437 g/mol. The van der Waals surface area contributed by atoms with E-state index >= 15 is 0 Å². The predicted molar refractivity (Wildman–Crippen MR) is 106 cm³/mol. The molecule has 0 aromatic carbocycles. The van der Waals surface area contributed by atoms with Gasteiger partial charge in [0.25, 0.3) is 0 Å². The standard InChI is InChI=1S/C16H27N3OS.HI/c1-16(2,14-6-5-9-21-14)12-18-15(17-3)19-8-7-13(10-19)11-20-4;/h5-6,9,13H,7-8,10-12H2,1-4H3,(H,17,18);1H. The lowest BCUT2D eigenvalue weighted by atomic mass is 9.91. The SMILES string of the molecule is CN=C(NCC(C)(C)c1cccs1)N1CCC(COC)C1.I. The van der Waals surface area contributed by atoms with Crippen molar-refractivity contribution in [3.8, 4) is 0 Å². The molecule has 0 aliphatic carbocycles. The zero-order chi connectivity index (χ0) is 15.3. The third kappa shape index (κ3) is 5.09. The molecule has 22 heavy (non-hydrogen) atoms. The number of ether oxygens (including phenoxy) is 1. The Kier molecular flexibility index (Phi) is 8.13. The van der Waals surface area contributed by atoms with Gasteiger partial charge in [0.15, 0.2) is 5.96 Å². The normalized spacial score (nSPS) is 19.2. The number of methoxy groups -OCH3 is 1. The fourth-order valence-electron chi connectivity index (χ4n) is 2.78. The van der Waals surface area contributed by atoms with E-state index in [0.29, 0.717) is 5.92 Å². The first-order valence-corrected chi connectivity index (χ1v) is 8.43. The minimum Gasteiger partial charge on any atom is -0.384 e. The number of hydrogen-bond donors (Lipinski definition) is 1. The number of halogens is 1. The van der Waals surface area contributed by atoms with E-state index < -0.39 is 0 Å². The van der Waals surface area contributed by atoms with Crippen molar-refractivity contribution in [2.75, 3.05) is 40.4 Å². The Morgan fingerprint density at radius 2 is 2.32 bits per heavy atom. The second-order valence-electron chi connectivity index (χ2n) is 6.32. The summed E-state index contributed by atoms with van der Waals surface area (Å²) in [7, 11) is 3.64. The maximum atomic E-state index is 5.27. The van der Waals surface area contributed by atoms with Gasteiger partial charge in [-0.15, -0.1) is 35.3 Å². The molecule has 1 N–H and O–H groups in total. The van der Waals surface area contributed by atoms with Crippen LogP contribution in [0.3, 0.4) is 0 Å². The number of thiophene rings is 1. The highest BCUT2D eigenvalue weighted by atomic mass is 127. The molecule has 1 unspecified atom stereocenters. The van der Waals surface area contributed by atoms with E-state index in [1.165, 1.54) is 11.3 Å². The van der Waals surface area contributed by atoms with Gasteiger partial charge >= 0.3 is 0 Å². The molecule has 0 bridgehead atoms. The molecule has 1 aromatic heterocycles. The second kappa shape index (κ2) is 9.08. The maximum Gasteiger partial charge on any atom is 0.193 e. The minimum absolute atomic E-state index is 0. The van der Waals surface area contributed by atoms with E-state index in [4.69, 9.17) is 4.74 Å². The lowest BCUT2D eigenvalue weighted by molar-refractivity contribution is 0.157. The Morgan fingerprint density at radius 1 is 1.55 bits per heavy atom. The third-order valence-electron chi connectivity index (χ3n) is 4.08. The van der Waals surface area contributed by atoms with E-state index in [1.54, 1.807) is 7.11 Å². The fourth-order valence-corrected chi connectivity index (χ4v) is 3.63. The molecular weight excluding hydrogens is 409 g/mol. The van der Waals surface area contributed by atoms with Crippen LogP contribution in [0.2, 0.25) is 0 Å². The van der Waals surface area contributed by atoms with Gasteiger partial charge in [-0.3, -0.25) is 4.99 Å². The Bertz CT molecular complexity index is 462. The zero-order valence-corrected chi connectivity index (χ0v) is 17.1. The molecule has 6 heteroatoms. The number of rotatable bonds is 5. The van der Waals surface area contributed by atoms with Gasteiger partial charge in [-0.25, -0.2) is 0 Å². The summed E-state index contributed by atoms with van der Waals surface area (Å²) >= 11 is 1.82. The molecule has 1 fully saturated rings. The van der Waals surface area contributed by atoms with Gasteiger partial charge in [-0.05, 0) is 17.9 Å². The van der Waals surface area contributed by atoms with Crippen molar-refractivity contribution in [3.63, 3.8) is 0 Å². The first-order chi connectivity index (χ1) is 10.1. The van der Waals surface area contributed by atoms with Crippen molar-refractivity contribution in [2.24, 2.45) is 10.9 Å². The minimum atomic E-state index is 0. The third-order valence-corrected chi connectivity index (χ3v) is 5.31. The van der Waals surface area contributed by atoms with Crippen LogP contribution >= 0.6 is 35.3 Å². The summed E-state index contributed by atoms with van der Waals surface area (Å²) in [6.07, 6.45) is 1.18. The molecular formula is C16H28IN3OS. The Labute approximate surface area is 155 Å². The average Bonchev–Trinajstić information content (AvgIpc) is 3.11. The predicted octanol–water partition coefficient (Wildman–Crippen LogP) is 3.19. The van der Waals surface area contributed by atoms with Crippen molar-refractivity contribution in [1.82, 2.24) is 10.2 Å². The number of nitrogens with zero attached hydrogens (tertiary/aromatic N) is 2. The van der Waals surface area contributed by atoms with Crippen molar-refractivity contribution in [2.45, 2.75) is 25.7 Å². The summed E-state index contributed by atoms with van der Waals surface area (Å²) in [5.41, 5.74) is 0.121. The van der Waals surface area contributed by atoms with Crippen molar-refractivity contribution in [1.29, 1.82) is 0 Å². The molecule has 4 nitrogen and oxygen atoms in total. The molecule has 0 amide bonds. The van der Waals surface area contributed by atoms with Crippen LogP contribution < -0.4 is 5.32 Å². The fraction of sp³-hybridized carbons (Fsp3) is 0.688. The molecule has 1 aliphatic rings. The summed E-state index contributed by atoms with van der Waals surface area (Å²) in [4.78, 5) is 8.19. The van der Waals surface area contributed by atoms with E-state index in [9.17, 15) is 0 Å². The smallest absolute Gasteiger partial charge is 0.193 e. The van der Waals surface area contributed by atoms with Crippen LogP contribution in [-0.2, 0) is 10.2 Å². The summed E-state index contributed by atoms with van der Waals surface area (Å²) in [6.45, 7) is 8.38. The van der Waals surface area contributed by atoms with Gasteiger partial charge in [-0.1, -0.05) is 19.9 Å². The molecule has 0 spiro atoms.